The van der Waals surface area contributed by atoms with E-state index < -0.39 is 0 Å². The van der Waals surface area contributed by atoms with Crippen molar-refractivity contribution in [2.75, 3.05) is 0 Å². The van der Waals surface area contributed by atoms with E-state index in [1.165, 1.54) is 0 Å². The van der Waals surface area contributed by atoms with Gasteiger partial charge in [-0.3, -0.25) is 9.13 Å². The number of hydrogen-bond acceptors (Lipinski definition) is 4. The van der Waals surface area contributed by atoms with Gasteiger partial charge in [-0.25, -0.2) is 4.79 Å². The molecule has 1 N–H and O–H groups in total. The second kappa shape index (κ2) is 10.2. The van der Waals surface area contributed by atoms with E-state index in [1.54, 1.807) is 4.57 Å². The van der Waals surface area contributed by atoms with E-state index in [4.69, 9.17) is 0 Å². The summed E-state index contributed by atoms with van der Waals surface area (Å²) in [5, 5.41) is 14.5. The van der Waals surface area contributed by atoms with Crippen molar-refractivity contribution in [3.05, 3.63) is 118 Å². The number of benzene rings is 3. The summed E-state index contributed by atoms with van der Waals surface area (Å²) < 4.78 is 3.61. The Morgan fingerprint density at radius 2 is 1.57 bits per heavy atom. The minimum Gasteiger partial charge on any atom is -0.294 e. The Hall–Kier alpha value is -4.52. The van der Waals surface area contributed by atoms with Gasteiger partial charge in [0.15, 0.2) is 0 Å². The zero-order valence-corrected chi connectivity index (χ0v) is 19.5. The zero-order chi connectivity index (χ0) is 24.0. The molecule has 0 bridgehead atoms. The maximum atomic E-state index is 13.3. The van der Waals surface area contributed by atoms with Crippen molar-refractivity contribution in [3.63, 3.8) is 0 Å². The molecular weight excluding hydrogens is 436 g/mol. The van der Waals surface area contributed by atoms with Gasteiger partial charge in [-0.1, -0.05) is 91.9 Å². The van der Waals surface area contributed by atoms with Gasteiger partial charge in [0.05, 0.1) is 18.8 Å². The lowest BCUT2D eigenvalue weighted by Crippen LogP contribution is -2.25. The van der Waals surface area contributed by atoms with E-state index in [0.29, 0.717) is 18.9 Å². The largest absolute Gasteiger partial charge is 0.329 e. The van der Waals surface area contributed by atoms with E-state index in [-0.39, 0.29) is 5.69 Å². The average molecular weight is 463 g/mol. The lowest BCUT2D eigenvalue weighted by atomic mass is 9.98. The quantitative estimate of drug-likeness (QED) is 0.351. The third kappa shape index (κ3) is 4.89. The number of nitrogens with zero attached hydrogens (tertiary/aromatic N) is 5. The summed E-state index contributed by atoms with van der Waals surface area (Å²) in [5.41, 5.74) is 6.02. The number of aromatic nitrogens is 6. The Morgan fingerprint density at radius 1 is 0.857 bits per heavy atom. The molecule has 0 unspecified atom stereocenters. The van der Waals surface area contributed by atoms with E-state index >= 15 is 0 Å². The molecule has 0 atom stereocenters. The van der Waals surface area contributed by atoms with Crippen LogP contribution in [0.1, 0.15) is 30.2 Å². The first-order valence-electron chi connectivity index (χ1n) is 11.7. The fourth-order valence-electron chi connectivity index (χ4n) is 4.15. The lowest BCUT2D eigenvalue weighted by Gasteiger charge is -2.09. The molecule has 5 aromatic rings. The number of H-pyrrole nitrogens is 1. The van der Waals surface area contributed by atoms with Gasteiger partial charge < -0.3 is 0 Å². The van der Waals surface area contributed by atoms with E-state index in [1.807, 2.05) is 71.4 Å². The second-order valence-corrected chi connectivity index (χ2v) is 8.32. The first kappa shape index (κ1) is 22.3. The number of tetrazole rings is 1. The number of allylic oxidation sites excluding steroid dienone is 1. The van der Waals surface area contributed by atoms with Crippen LogP contribution in [0.2, 0.25) is 0 Å². The van der Waals surface area contributed by atoms with Gasteiger partial charge in [0.25, 0.3) is 0 Å². The fraction of sp³-hybridized carbons (Fsp3) is 0.143. The Morgan fingerprint density at radius 3 is 2.29 bits per heavy atom. The van der Waals surface area contributed by atoms with Crippen molar-refractivity contribution < 1.29 is 0 Å². The van der Waals surface area contributed by atoms with Gasteiger partial charge in [0.1, 0.15) is 0 Å². The number of hydrogen-bond donors (Lipinski definition) is 1. The van der Waals surface area contributed by atoms with E-state index in [0.717, 1.165) is 39.9 Å². The maximum absolute atomic E-state index is 13.3. The maximum Gasteiger partial charge on any atom is 0.329 e. The molecule has 35 heavy (non-hydrogen) atoms. The molecule has 174 valence electrons. The monoisotopic (exact) mass is 462 g/mol. The Balaban J connectivity index is 1.44. The predicted molar refractivity (Wildman–Crippen MR) is 138 cm³/mol. The molecule has 0 aliphatic carbocycles. The van der Waals surface area contributed by atoms with Crippen molar-refractivity contribution >= 4 is 6.08 Å². The molecule has 0 fully saturated rings. The summed E-state index contributed by atoms with van der Waals surface area (Å²) in [6.45, 7) is 3.13. The van der Waals surface area contributed by atoms with Crippen LogP contribution in [0, 0.1) is 0 Å². The van der Waals surface area contributed by atoms with Gasteiger partial charge in [-0.05, 0) is 40.0 Å². The minimum absolute atomic E-state index is 0.0175. The third-order valence-corrected chi connectivity index (χ3v) is 5.92. The molecule has 7 nitrogen and oxygen atoms in total. The Kier molecular flexibility index (Phi) is 6.48. The van der Waals surface area contributed by atoms with Crippen molar-refractivity contribution in [1.82, 2.24) is 29.8 Å². The highest BCUT2D eigenvalue weighted by atomic mass is 16.1. The van der Waals surface area contributed by atoms with Crippen molar-refractivity contribution in [1.29, 1.82) is 0 Å². The molecule has 7 heteroatoms. The Labute approximate surface area is 203 Å². The lowest BCUT2D eigenvalue weighted by molar-refractivity contribution is 0.682. The van der Waals surface area contributed by atoms with Crippen molar-refractivity contribution in [2.24, 2.45) is 0 Å². The van der Waals surface area contributed by atoms with Gasteiger partial charge in [-0.15, -0.1) is 10.2 Å². The van der Waals surface area contributed by atoms with Crippen LogP contribution in [-0.2, 0) is 13.1 Å². The van der Waals surface area contributed by atoms with Crippen molar-refractivity contribution in [3.8, 4) is 22.5 Å². The zero-order valence-electron chi connectivity index (χ0n) is 19.5. The molecule has 0 aliphatic heterocycles. The summed E-state index contributed by atoms with van der Waals surface area (Å²) in [7, 11) is 0. The molecule has 5 rings (SSSR count). The van der Waals surface area contributed by atoms with Crippen LogP contribution in [0.5, 0.6) is 0 Å². The standard InChI is InChI=1S/C28H26N6O/c1-2-3-11-24-20-33(18-21-9-5-4-6-10-21)28(35)34(24)19-22-14-16-23(17-15-22)25-12-7-8-13-26(25)27-29-31-32-30-27/h3-17,20H,2,18-19H2,1H3,(H,29,30,31,32)/b11-3+. The van der Waals surface area contributed by atoms with Crippen LogP contribution in [-0.4, -0.2) is 29.8 Å². The summed E-state index contributed by atoms with van der Waals surface area (Å²) in [6, 6.07) is 26.3. The average Bonchev–Trinajstić information content (AvgIpc) is 3.54. The molecule has 0 radical (unpaired) electrons. The van der Waals surface area contributed by atoms with Crippen LogP contribution < -0.4 is 5.69 Å². The molecule has 0 saturated carbocycles. The van der Waals surface area contributed by atoms with Gasteiger partial charge >= 0.3 is 5.69 Å². The van der Waals surface area contributed by atoms with E-state index in [2.05, 4.69) is 57.9 Å². The molecule has 0 spiro atoms. The van der Waals surface area contributed by atoms with Gasteiger partial charge in [0.2, 0.25) is 5.82 Å². The number of aromatic amines is 1. The molecule has 2 heterocycles. The van der Waals surface area contributed by atoms with Crippen molar-refractivity contribution in [2.45, 2.75) is 26.4 Å². The van der Waals surface area contributed by atoms with E-state index in [9.17, 15) is 4.79 Å². The van der Waals surface area contributed by atoms with Crippen LogP contribution in [0.4, 0.5) is 0 Å². The summed E-state index contributed by atoms with van der Waals surface area (Å²) in [5.74, 6) is 0.559. The predicted octanol–water partition coefficient (Wildman–Crippen LogP) is 5.02. The molecule has 2 aromatic heterocycles. The highest BCUT2D eigenvalue weighted by Crippen LogP contribution is 2.29. The highest BCUT2D eigenvalue weighted by molar-refractivity contribution is 5.80. The van der Waals surface area contributed by atoms with Crippen LogP contribution >= 0.6 is 0 Å². The highest BCUT2D eigenvalue weighted by Gasteiger charge is 2.13. The fourth-order valence-corrected chi connectivity index (χ4v) is 4.15. The van der Waals surface area contributed by atoms with Crippen LogP contribution in [0.3, 0.4) is 0 Å². The minimum atomic E-state index is -0.0175. The van der Waals surface area contributed by atoms with Crippen LogP contribution in [0.25, 0.3) is 28.6 Å². The summed E-state index contributed by atoms with van der Waals surface area (Å²) >= 11 is 0. The number of nitrogens with one attached hydrogen (secondary N) is 1. The number of rotatable bonds is 8. The topological polar surface area (TPSA) is 81.4 Å². The third-order valence-electron chi connectivity index (χ3n) is 5.92. The second-order valence-electron chi connectivity index (χ2n) is 8.32. The first-order valence-corrected chi connectivity index (χ1v) is 11.7. The molecular formula is C28H26N6O. The molecule has 0 saturated heterocycles. The SMILES string of the molecule is CC/C=C/c1cn(Cc2ccccc2)c(=O)n1Cc1ccc(-c2ccccc2-c2nn[nH]n2)cc1. The molecule has 0 amide bonds. The summed E-state index contributed by atoms with van der Waals surface area (Å²) in [4.78, 5) is 13.3. The smallest absolute Gasteiger partial charge is 0.294 e. The van der Waals surface area contributed by atoms with Gasteiger partial charge in [0, 0.05) is 11.8 Å². The molecule has 3 aromatic carbocycles. The molecule has 0 aliphatic rings. The summed E-state index contributed by atoms with van der Waals surface area (Å²) in [6.07, 6.45) is 6.96. The first-order chi connectivity index (χ1) is 17.2. The Bertz CT molecular complexity index is 1480. The van der Waals surface area contributed by atoms with Crippen LogP contribution in [0.15, 0.2) is 95.9 Å². The number of imidazole rings is 1. The normalized spacial score (nSPS) is 11.3. The van der Waals surface area contributed by atoms with Gasteiger partial charge in [-0.2, -0.15) is 5.21 Å².